The molecule has 0 saturated heterocycles. The van der Waals surface area contributed by atoms with E-state index in [9.17, 15) is 18.4 Å². The van der Waals surface area contributed by atoms with Gasteiger partial charge in [-0.25, -0.2) is 13.6 Å². The van der Waals surface area contributed by atoms with Crippen LogP contribution in [0.2, 0.25) is 0 Å². The Kier molecular flexibility index (Phi) is 2.42. The first-order valence-corrected chi connectivity index (χ1v) is 4.63. The first-order chi connectivity index (χ1) is 7.97. The summed E-state index contributed by atoms with van der Waals surface area (Å²) in [4.78, 5) is 21.8. The second kappa shape index (κ2) is 3.65. The van der Waals surface area contributed by atoms with Crippen LogP contribution in [0.4, 0.5) is 8.78 Å². The monoisotopic (exact) mass is 239 g/mol. The Morgan fingerprint density at radius 1 is 1.41 bits per heavy atom. The summed E-state index contributed by atoms with van der Waals surface area (Å²) in [6.07, 6.45) is 0.257. The lowest BCUT2D eigenvalue weighted by Crippen LogP contribution is -2.06. The van der Waals surface area contributed by atoms with Gasteiger partial charge >= 0.3 is 5.97 Å². The molecule has 0 aliphatic heterocycles. The number of carbonyl (C=O) groups excluding carboxylic acids is 1. The molecule has 0 atom stereocenters. The number of fused-ring (bicyclic) bond motifs is 1. The summed E-state index contributed by atoms with van der Waals surface area (Å²) in [5.41, 5.74) is -0.617. The third kappa shape index (κ3) is 1.49. The molecule has 1 aromatic heterocycles. The molecule has 0 aliphatic rings. The molecule has 0 bridgehead atoms. The lowest BCUT2D eigenvalue weighted by atomic mass is 10.1. The van der Waals surface area contributed by atoms with Crippen LogP contribution in [0.1, 0.15) is 20.8 Å². The standard InChI is InChI=1S/C11H7F2NO3/c1-14-8-3-5(12)2-7(13)9(8)6(4-15)10(14)11(16)17/h2-4H,1H3,(H,16,17). The van der Waals surface area contributed by atoms with Crippen LogP contribution < -0.4 is 0 Å². The minimum absolute atomic E-state index is 0.0296. The zero-order valence-corrected chi connectivity index (χ0v) is 8.70. The van der Waals surface area contributed by atoms with Crippen molar-refractivity contribution in [2.24, 2.45) is 7.05 Å². The Bertz CT molecular complexity index is 646. The molecule has 1 aromatic carbocycles. The second-order valence-corrected chi connectivity index (χ2v) is 3.53. The van der Waals surface area contributed by atoms with Crippen molar-refractivity contribution in [2.45, 2.75) is 0 Å². The van der Waals surface area contributed by atoms with Crippen molar-refractivity contribution in [2.75, 3.05) is 0 Å². The van der Waals surface area contributed by atoms with E-state index in [1.807, 2.05) is 0 Å². The largest absolute Gasteiger partial charge is 0.477 e. The summed E-state index contributed by atoms with van der Waals surface area (Å²) >= 11 is 0. The molecule has 0 fully saturated rings. The van der Waals surface area contributed by atoms with Gasteiger partial charge in [-0.1, -0.05) is 0 Å². The van der Waals surface area contributed by atoms with Crippen molar-refractivity contribution in [1.82, 2.24) is 4.57 Å². The molecular formula is C11H7F2NO3. The van der Waals surface area contributed by atoms with Crippen molar-refractivity contribution in [3.8, 4) is 0 Å². The number of hydrogen-bond acceptors (Lipinski definition) is 2. The number of benzene rings is 1. The number of aromatic carboxylic acids is 1. The van der Waals surface area contributed by atoms with E-state index in [1.54, 1.807) is 0 Å². The van der Waals surface area contributed by atoms with E-state index in [2.05, 4.69) is 0 Å². The number of hydrogen-bond donors (Lipinski definition) is 1. The normalized spacial score (nSPS) is 10.8. The molecule has 88 valence electrons. The van der Waals surface area contributed by atoms with Gasteiger partial charge in [0.25, 0.3) is 0 Å². The maximum atomic E-state index is 13.5. The van der Waals surface area contributed by atoms with Crippen molar-refractivity contribution in [1.29, 1.82) is 0 Å². The van der Waals surface area contributed by atoms with Crippen LogP contribution in [0.3, 0.4) is 0 Å². The molecule has 6 heteroatoms. The third-order valence-corrected chi connectivity index (χ3v) is 2.58. The maximum Gasteiger partial charge on any atom is 0.353 e. The van der Waals surface area contributed by atoms with Crippen LogP contribution in [-0.2, 0) is 7.05 Å². The molecule has 2 aromatic rings. The highest BCUT2D eigenvalue weighted by Gasteiger charge is 2.23. The van der Waals surface area contributed by atoms with E-state index < -0.39 is 17.6 Å². The zero-order valence-electron chi connectivity index (χ0n) is 8.70. The van der Waals surface area contributed by atoms with E-state index in [-0.39, 0.29) is 28.4 Å². The van der Waals surface area contributed by atoms with Gasteiger partial charge in [0.05, 0.1) is 11.1 Å². The number of aromatic nitrogens is 1. The first kappa shape index (κ1) is 11.3. The van der Waals surface area contributed by atoms with Crippen LogP contribution in [0.5, 0.6) is 0 Å². The summed E-state index contributed by atoms with van der Waals surface area (Å²) in [7, 11) is 1.33. The number of aryl methyl sites for hydroxylation is 1. The van der Waals surface area contributed by atoms with Gasteiger partial charge in [0.2, 0.25) is 0 Å². The molecule has 0 radical (unpaired) electrons. The Labute approximate surface area is 94.1 Å². The number of halogens is 2. The van der Waals surface area contributed by atoms with Crippen LogP contribution in [0, 0.1) is 11.6 Å². The average Bonchev–Trinajstić information content (AvgIpc) is 2.52. The number of carbonyl (C=O) groups is 2. The minimum Gasteiger partial charge on any atom is -0.477 e. The summed E-state index contributed by atoms with van der Waals surface area (Å²) in [5, 5.41) is 8.76. The van der Waals surface area contributed by atoms with Crippen LogP contribution in [0.15, 0.2) is 12.1 Å². The first-order valence-electron chi connectivity index (χ1n) is 4.63. The third-order valence-electron chi connectivity index (χ3n) is 2.58. The minimum atomic E-state index is -1.37. The van der Waals surface area contributed by atoms with Crippen molar-refractivity contribution in [3.05, 3.63) is 35.0 Å². The Morgan fingerprint density at radius 2 is 2.06 bits per heavy atom. The van der Waals surface area contributed by atoms with Gasteiger partial charge in [0.1, 0.15) is 17.3 Å². The van der Waals surface area contributed by atoms with E-state index in [0.29, 0.717) is 6.07 Å². The molecule has 0 aliphatic carbocycles. The smallest absolute Gasteiger partial charge is 0.353 e. The summed E-state index contributed by atoms with van der Waals surface area (Å²) in [5.74, 6) is -3.15. The van der Waals surface area contributed by atoms with Crippen molar-refractivity contribution in [3.63, 3.8) is 0 Å². The molecule has 2 rings (SSSR count). The molecule has 0 saturated carbocycles. The van der Waals surface area contributed by atoms with Gasteiger partial charge in [-0.15, -0.1) is 0 Å². The SMILES string of the molecule is Cn1c(C(=O)O)c(C=O)c2c(F)cc(F)cc21. The molecule has 0 spiro atoms. The predicted octanol–water partition coefficient (Wildman–Crippen LogP) is 1.97. The number of nitrogens with zero attached hydrogens (tertiary/aromatic N) is 1. The van der Waals surface area contributed by atoms with Gasteiger partial charge in [-0.3, -0.25) is 4.79 Å². The lowest BCUT2D eigenvalue weighted by molar-refractivity contribution is 0.0684. The van der Waals surface area contributed by atoms with E-state index >= 15 is 0 Å². The van der Waals surface area contributed by atoms with Crippen LogP contribution >= 0.6 is 0 Å². The van der Waals surface area contributed by atoms with E-state index in [1.165, 1.54) is 7.05 Å². The van der Waals surface area contributed by atoms with Gasteiger partial charge in [-0.2, -0.15) is 0 Å². The van der Waals surface area contributed by atoms with Gasteiger partial charge in [-0.05, 0) is 6.07 Å². The summed E-state index contributed by atoms with van der Waals surface area (Å²) in [6.45, 7) is 0. The molecular weight excluding hydrogens is 232 g/mol. The number of carboxylic acids is 1. The Hall–Kier alpha value is -2.24. The number of aldehydes is 1. The highest BCUT2D eigenvalue weighted by atomic mass is 19.1. The lowest BCUT2D eigenvalue weighted by Gasteiger charge is -1.99. The maximum absolute atomic E-state index is 13.5. The molecule has 17 heavy (non-hydrogen) atoms. The fourth-order valence-electron chi connectivity index (χ4n) is 1.88. The van der Waals surface area contributed by atoms with Crippen LogP contribution in [0.25, 0.3) is 10.9 Å². The molecule has 4 nitrogen and oxygen atoms in total. The van der Waals surface area contributed by atoms with Gasteiger partial charge in [0, 0.05) is 18.5 Å². The fraction of sp³-hybridized carbons (Fsp3) is 0.0909. The van der Waals surface area contributed by atoms with Crippen molar-refractivity contribution < 1.29 is 23.5 Å². The number of carboxylic acid groups (broad SMARTS) is 1. The second-order valence-electron chi connectivity index (χ2n) is 3.53. The molecule has 1 heterocycles. The van der Waals surface area contributed by atoms with Gasteiger partial charge in [0.15, 0.2) is 6.29 Å². The van der Waals surface area contributed by atoms with Gasteiger partial charge < -0.3 is 9.67 Å². The highest BCUT2D eigenvalue weighted by Crippen LogP contribution is 2.27. The molecule has 1 N–H and O–H groups in total. The summed E-state index contributed by atoms with van der Waals surface area (Å²) in [6, 6.07) is 1.60. The quantitative estimate of drug-likeness (QED) is 0.815. The Morgan fingerprint density at radius 3 is 2.59 bits per heavy atom. The molecule has 0 amide bonds. The summed E-state index contributed by atoms with van der Waals surface area (Å²) < 4.78 is 27.7. The van der Waals surface area contributed by atoms with E-state index in [0.717, 1.165) is 10.6 Å². The highest BCUT2D eigenvalue weighted by molar-refractivity contribution is 6.08. The van der Waals surface area contributed by atoms with E-state index in [4.69, 9.17) is 5.11 Å². The van der Waals surface area contributed by atoms with Crippen LogP contribution in [-0.4, -0.2) is 21.9 Å². The number of rotatable bonds is 2. The van der Waals surface area contributed by atoms with Crippen molar-refractivity contribution >= 4 is 23.2 Å². The predicted molar refractivity (Wildman–Crippen MR) is 55.2 cm³/mol. The fourth-order valence-corrected chi connectivity index (χ4v) is 1.88. The Balaban J connectivity index is 3.04. The zero-order chi connectivity index (χ0) is 12.7. The average molecular weight is 239 g/mol. The topological polar surface area (TPSA) is 59.3 Å². The molecule has 0 unspecified atom stereocenters.